The quantitative estimate of drug-likeness (QED) is 0.809. The third kappa shape index (κ3) is 4.32. The molecule has 21 heavy (non-hydrogen) atoms. The predicted octanol–water partition coefficient (Wildman–Crippen LogP) is 4.07. The van der Waals surface area contributed by atoms with Crippen molar-refractivity contribution >= 4 is 17.0 Å². The van der Waals surface area contributed by atoms with Crippen LogP contribution in [0.1, 0.15) is 29.7 Å². The SMILES string of the molecule is c1csc(CCNCc2ccc(N3CCCCC3)cc2)c1. The van der Waals surface area contributed by atoms with Gasteiger partial charge in [0, 0.05) is 36.7 Å². The minimum Gasteiger partial charge on any atom is -0.372 e. The lowest BCUT2D eigenvalue weighted by Crippen LogP contribution is -2.29. The van der Waals surface area contributed by atoms with Gasteiger partial charge < -0.3 is 10.2 Å². The Morgan fingerprint density at radius 2 is 1.81 bits per heavy atom. The molecule has 1 saturated heterocycles. The van der Waals surface area contributed by atoms with Crippen molar-refractivity contribution in [1.29, 1.82) is 0 Å². The smallest absolute Gasteiger partial charge is 0.0366 e. The Kier molecular flexibility index (Phi) is 5.30. The van der Waals surface area contributed by atoms with E-state index in [0.717, 1.165) is 19.5 Å². The van der Waals surface area contributed by atoms with E-state index >= 15 is 0 Å². The van der Waals surface area contributed by atoms with E-state index in [1.54, 1.807) is 0 Å². The average molecular weight is 300 g/mol. The first-order valence-electron chi connectivity index (χ1n) is 7.99. The molecule has 1 aromatic heterocycles. The molecule has 0 spiro atoms. The van der Waals surface area contributed by atoms with Gasteiger partial charge in [0.1, 0.15) is 0 Å². The lowest BCUT2D eigenvalue weighted by atomic mass is 10.1. The molecule has 1 aromatic carbocycles. The topological polar surface area (TPSA) is 15.3 Å². The van der Waals surface area contributed by atoms with Gasteiger partial charge in [0.2, 0.25) is 0 Å². The molecule has 1 fully saturated rings. The van der Waals surface area contributed by atoms with Crippen molar-refractivity contribution in [3.8, 4) is 0 Å². The molecular formula is C18H24N2S. The van der Waals surface area contributed by atoms with Crippen LogP contribution in [-0.2, 0) is 13.0 Å². The third-order valence-electron chi connectivity index (χ3n) is 4.11. The molecule has 3 heteroatoms. The Hall–Kier alpha value is -1.32. The van der Waals surface area contributed by atoms with Crippen molar-refractivity contribution in [3.63, 3.8) is 0 Å². The summed E-state index contributed by atoms with van der Waals surface area (Å²) in [7, 11) is 0. The van der Waals surface area contributed by atoms with E-state index in [9.17, 15) is 0 Å². The van der Waals surface area contributed by atoms with Gasteiger partial charge in [-0.25, -0.2) is 0 Å². The minimum atomic E-state index is 0.964. The summed E-state index contributed by atoms with van der Waals surface area (Å²) in [5.41, 5.74) is 2.76. The summed E-state index contributed by atoms with van der Waals surface area (Å²) in [6.07, 6.45) is 5.20. The van der Waals surface area contributed by atoms with Gasteiger partial charge in [-0.15, -0.1) is 11.3 Å². The number of benzene rings is 1. The van der Waals surface area contributed by atoms with E-state index in [1.165, 1.54) is 48.5 Å². The van der Waals surface area contributed by atoms with Crippen LogP contribution in [0.4, 0.5) is 5.69 Å². The van der Waals surface area contributed by atoms with Crippen LogP contribution < -0.4 is 10.2 Å². The van der Waals surface area contributed by atoms with Crippen molar-refractivity contribution in [2.45, 2.75) is 32.2 Å². The summed E-state index contributed by atoms with van der Waals surface area (Å²) < 4.78 is 0. The highest BCUT2D eigenvalue weighted by Crippen LogP contribution is 2.20. The molecule has 0 radical (unpaired) electrons. The number of thiophene rings is 1. The second-order valence-electron chi connectivity index (χ2n) is 5.72. The Morgan fingerprint density at radius 3 is 2.52 bits per heavy atom. The van der Waals surface area contributed by atoms with Gasteiger partial charge in [0.25, 0.3) is 0 Å². The molecule has 1 aliphatic heterocycles. The molecule has 3 rings (SSSR count). The maximum Gasteiger partial charge on any atom is 0.0366 e. The highest BCUT2D eigenvalue weighted by Gasteiger charge is 2.10. The average Bonchev–Trinajstić information content (AvgIpc) is 3.06. The standard InChI is InChI=1S/C18H24N2S/c1-2-12-20(13-3-1)17-8-6-16(7-9-17)15-19-11-10-18-5-4-14-21-18/h4-9,14,19H,1-3,10-13,15H2. The third-order valence-corrected chi connectivity index (χ3v) is 5.05. The van der Waals surface area contributed by atoms with Crippen LogP contribution >= 0.6 is 11.3 Å². The highest BCUT2D eigenvalue weighted by molar-refractivity contribution is 7.09. The van der Waals surface area contributed by atoms with Crippen LogP contribution in [0.2, 0.25) is 0 Å². The van der Waals surface area contributed by atoms with Gasteiger partial charge in [-0.2, -0.15) is 0 Å². The van der Waals surface area contributed by atoms with E-state index in [4.69, 9.17) is 0 Å². The van der Waals surface area contributed by atoms with Crippen LogP contribution in [-0.4, -0.2) is 19.6 Å². The van der Waals surface area contributed by atoms with Crippen LogP contribution in [0.3, 0.4) is 0 Å². The van der Waals surface area contributed by atoms with Crippen LogP contribution in [0, 0.1) is 0 Å². The van der Waals surface area contributed by atoms with E-state index < -0.39 is 0 Å². The fourth-order valence-electron chi connectivity index (χ4n) is 2.88. The molecule has 2 aromatic rings. The van der Waals surface area contributed by atoms with Crippen molar-refractivity contribution < 1.29 is 0 Å². The number of piperidine rings is 1. The normalized spacial score (nSPS) is 15.3. The summed E-state index contributed by atoms with van der Waals surface area (Å²) in [5.74, 6) is 0. The zero-order valence-corrected chi connectivity index (χ0v) is 13.4. The zero-order chi connectivity index (χ0) is 14.3. The summed E-state index contributed by atoms with van der Waals surface area (Å²) >= 11 is 1.84. The van der Waals surface area contributed by atoms with Crippen LogP contribution in [0.25, 0.3) is 0 Å². The first-order valence-corrected chi connectivity index (χ1v) is 8.87. The maximum atomic E-state index is 3.53. The highest BCUT2D eigenvalue weighted by atomic mass is 32.1. The number of nitrogens with one attached hydrogen (secondary N) is 1. The maximum absolute atomic E-state index is 3.53. The minimum absolute atomic E-state index is 0.964. The monoisotopic (exact) mass is 300 g/mol. The molecule has 0 atom stereocenters. The zero-order valence-electron chi connectivity index (χ0n) is 12.6. The number of hydrogen-bond acceptors (Lipinski definition) is 3. The second kappa shape index (κ2) is 7.62. The lowest BCUT2D eigenvalue weighted by molar-refractivity contribution is 0.578. The Morgan fingerprint density at radius 1 is 1.00 bits per heavy atom. The largest absolute Gasteiger partial charge is 0.372 e. The number of rotatable bonds is 6. The van der Waals surface area contributed by atoms with Crippen LogP contribution in [0.15, 0.2) is 41.8 Å². The summed E-state index contributed by atoms with van der Waals surface area (Å²) in [6.45, 7) is 4.46. The van der Waals surface area contributed by atoms with E-state index in [-0.39, 0.29) is 0 Å². The van der Waals surface area contributed by atoms with Gasteiger partial charge in [-0.1, -0.05) is 18.2 Å². The summed E-state index contributed by atoms with van der Waals surface area (Å²) in [6, 6.07) is 13.4. The van der Waals surface area contributed by atoms with Crippen LogP contribution in [0.5, 0.6) is 0 Å². The van der Waals surface area contributed by atoms with Gasteiger partial charge in [-0.05, 0) is 54.8 Å². The van der Waals surface area contributed by atoms with Gasteiger partial charge in [0.15, 0.2) is 0 Å². The van der Waals surface area contributed by atoms with Crippen molar-refractivity contribution in [2.24, 2.45) is 0 Å². The molecule has 2 heterocycles. The molecule has 0 bridgehead atoms. The Labute approximate surface area is 131 Å². The Balaban J connectivity index is 1.43. The number of hydrogen-bond donors (Lipinski definition) is 1. The summed E-state index contributed by atoms with van der Waals surface area (Å²) in [4.78, 5) is 3.97. The first-order chi connectivity index (χ1) is 10.4. The molecule has 1 N–H and O–H groups in total. The Bertz CT molecular complexity index is 513. The van der Waals surface area contributed by atoms with Crippen molar-refractivity contribution in [1.82, 2.24) is 5.32 Å². The molecule has 112 valence electrons. The first kappa shape index (κ1) is 14.6. The van der Waals surface area contributed by atoms with Gasteiger partial charge in [-0.3, -0.25) is 0 Å². The van der Waals surface area contributed by atoms with Crippen molar-refractivity contribution in [3.05, 3.63) is 52.2 Å². The molecule has 2 nitrogen and oxygen atoms in total. The molecule has 1 aliphatic rings. The lowest BCUT2D eigenvalue weighted by Gasteiger charge is -2.28. The predicted molar refractivity (Wildman–Crippen MR) is 92.2 cm³/mol. The molecule has 0 saturated carbocycles. The fraction of sp³-hybridized carbons (Fsp3) is 0.444. The van der Waals surface area contributed by atoms with E-state index in [1.807, 2.05) is 11.3 Å². The van der Waals surface area contributed by atoms with E-state index in [2.05, 4.69) is 52.0 Å². The summed E-state index contributed by atoms with van der Waals surface area (Å²) in [5, 5.41) is 5.68. The number of anilines is 1. The molecular weight excluding hydrogens is 276 g/mol. The fourth-order valence-corrected chi connectivity index (χ4v) is 3.58. The van der Waals surface area contributed by atoms with E-state index in [0.29, 0.717) is 0 Å². The number of nitrogens with zero attached hydrogens (tertiary/aromatic N) is 1. The van der Waals surface area contributed by atoms with Gasteiger partial charge >= 0.3 is 0 Å². The molecule has 0 amide bonds. The van der Waals surface area contributed by atoms with Gasteiger partial charge in [0.05, 0.1) is 0 Å². The van der Waals surface area contributed by atoms with Crippen molar-refractivity contribution in [2.75, 3.05) is 24.5 Å². The second-order valence-corrected chi connectivity index (χ2v) is 6.75. The molecule has 0 unspecified atom stereocenters. The molecule has 0 aliphatic carbocycles.